The van der Waals surface area contributed by atoms with Crippen molar-refractivity contribution in [1.29, 1.82) is 0 Å². The first kappa shape index (κ1) is 20.5. The van der Waals surface area contributed by atoms with E-state index >= 15 is 0 Å². The second kappa shape index (κ2) is 8.24. The lowest BCUT2D eigenvalue weighted by molar-refractivity contribution is -0.125. The number of fused-ring (bicyclic) bond motifs is 3. The number of benzene rings is 1. The smallest absolute Gasteiger partial charge is 0.246 e. The number of amides is 2. The number of nitrogens with zero attached hydrogens (tertiary/aromatic N) is 3. The number of likely N-dealkylation sites (N-methyl/N-ethyl adjacent to an activating group) is 1. The first-order valence-corrected chi connectivity index (χ1v) is 10.9. The van der Waals surface area contributed by atoms with Gasteiger partial charge in [0, 0.05) is 42.4 Å². The zero-order chi connectivity index (χ0) is 22.2. The number of carbonyl (C=O) groups excluding carboxylic acids is 2. The Morgan fingerprint density at radius 2 is 2.22 bits per heavy atom. The Balaban J connectivity index is 1.29. The van der Waals surface area contributed by atoms with Crippen molar-refractivity contribution in [3.05, 3.63) is 65.1 Å². The summed E-state index contributed by atoms with van der Waals surface area (Å²) in [5.74, 6) is 1.31. The molecule has 0 saturated carbocycles. The predicted molar refractivity (Wildman–Crippen MR) is 123 cm³/mol. The molecule has 164 valence electrons. The van der Waals surface area contributed by atoms with Crippen LogP contribution in [-0.4, -0.2) is 46.2 Å². The van der Waals surface area contributed by atoms with Gasteiger partial charge in [-0.05, 0) is 50.1 Å². The standard InChI is InChI=1S/C25H26N4O3/c1-16-19-6-3-4-8-21(19)32-22(16)15-28(2)23(30)10-9-17-12-18-14-29-11-5-7-20(29)25(31)27-24(18)26-13-17/h3-4,6,8-10,12-13,20H,5,7,11,14-15H2,1-2H3,(H,26,27,31)/b10-9+/t20-/m1/s1. The lowest BCUT2D eigenvalue weighted by Crippen LogP contribution is -2.36. The molecule has 1 atom stereocenters. The molecular weight excluding hydrogens is 404 g/mol. The summed E-state index contributed by atoms with van der Waals surface area (Å²) in [5.41, 5.74) is 3.70. The van der Waals surface area contributed by atoms with Gasteiger partial charge in [0.05, 0.1) is 12.6 Å². The highest BCUT2D eigenvalue weighted by molar-refractivity contribution is 5.96. The zero-order valence-corrected chi connectivity index (χ0v) is 18.3. The summed E-state index contributed by atoms with van der Waals surface area (Å²) in [6.07, 6.45) is 6.92. The normalized spacial score (nSPS) is 18.4. The van der Waals surface area contributed by atoms with Crippen LogP contribution in [0.2, 0.25) is 0 Å². The maximum absolute atomic E-state index is 12.7. The molecule has 1 saturated heterocycles. The van der Waals surface area contributed by atoms with Crippen LogP contribution in [-0.2, 0) is 22.7 Å². The molecule has 2 amide bonds. The van der Waals surface area contributed by atoms with Gasteiger partial charge in [0.1, 0.15) is 17.2 Å². The Bertz CT molecular complexity index is 1230. The summed E-state index contributed by atoms with van der Waals surface area (Å²) in [4.78, 5) is 33.4. The Morgan fingerprint density at radius 3 is 3.06 bits per heavy atom. The number of rotatable bonds is 4. The molecular formula is C25H26N4O3. The second-order valence-corrected chi connectivity index (χ2v) is 8.57. The Hall–Kier alpha value is -3.45. The molecule has 2 aliphatic rings. The van der Waals surface area contributed by atoms with Crippen molar-refractivity contribution in [1.82, 2.24) is 14.8 Å². The summed E-state index contributed by atoms with van der Waals surface area (Å²) in [5, 5.41) is 4.02. The number of hydrogen-bond donors (Lipinski definition) is 1. The van der Waals surface area contributed by atoms with Crippen LogP contribution in [0.25, 0.3) is 17.0 Å². The third-order valence-corrected chi connectivity index (χ3v) is 6.39. The fourth-order valence-electron chi connectivity index (χ4n) is 4.55. The van der Waals surface area contributed by atoms with E-state index in [4.69, 9.17) is 4.42 Å². The first-order chi connectivity index (χ1) is 15.5. The third kappa shape index (κ3) is 3.80. The molecule has 7 nitrogen and oxygen atoms in total. The van der Waals surface area contributed by atoms with Crippen LogP contribution in [0, 0.1) is 6.92 Å². The van der Waals surface area contributed by atoms with Gasteiger partial charge in [-0.2, -0.15) is 0 Å². The molecule has 7 heteroatoms. The molecule has 32 heavy (non-hydrogen) atoms. The van der Waals surface area contributed by atoms with Gasteiger partial charge in [-0.25, -0.2) is 4.98 Å². The number of furan rings is 1. The molecule has 1 aromatic carbocycles. The van der Waals surface area contributed by atoms with Gasteiger partial charge >= 0.3 is 0 Å². The average Bonchev–Trinajstić information content (AvgIpc) is 3.35. The van der Waals surface area contributed by atoms with Crippen molar-refractivity contribution in [2.45, 2.75) is 38.9 Å². The van der Waals surface area contributed by atoms with Gasteiger partial charge < -0.3 is 14.6 Å². The molecule has 2 aromatic heterocycles. The monoisotopic (exact) mass is 430 g/mol. The average molecular weight is 431 g/mol. The number of aromatic nitrogens is 1. The number of hydrogen-bond acceptors (Lipinski definition) is 5. The molecule has 2 aliphatic heterocycles. The summed E-state index contributed by atoms with van der Waals surface area (Å²) in [7, 11) is 1.76. The Kier molecular flexibility index (Phi) is 5.27. The first-order valence-electron chi connectivity index (χ1n) is 10.9. The molecule has 1 fully saturated rings. The number of nitrogens with one attached hydrogen (secondary N) is 1. The van der Waals surface area contributed by atoms with Gasteiger partial charge in [-0.15, -0.1) is 0 Å². The molecule has 0 spiro atoms. The summed E-state index contributed by atoms with van der Waals surface area (Å²) >= 11 is 0. The number of para-hydroxylation sites is 1. The maximum atomic E-state index is 12.7. The maximum Gasteiger partial charge on any atom is 0.246 e. The van der Waals surface area contributed by atoms with E-state index in [1.165, 1.54) is 0 Å². The predicted octanol–water partition coefficient (Wildman–Crippen LogP) is 3.72. The topological polar surface area (TPSA) is 78.7 Å². The van der Waals surface area contributed by atoms with Gasteiger partial charge in [0.25, 0.3) is 0 Å². The zero-order valence-electron chi connectivity index (χ0n) is 18.3. The van der Waals surface area contributed by atoms with Crippen LogP contribution < -0.4 is 5.32 Å². The SMILES string of the molecule is Cc1c(CN(C)C(=O)/C=C/c2cnc3c(c2)CN2CCC[C@@H]2C(=O)N3)oc2ccccc12. The van der Waals surface area contributed by atoms with Crippen molar-refractivity contribution in [2.24, 2.45) is 0 Å². The molecule has 4 heterocycles. The highest BCUT2D eigenvalue weighted by Crippen LogP contribution is 2.28. The highest BCUT2D eigenvalue weighted by Gasteiger charge is 2.34. The van der Waals surface area contributed by atoms with E-state index in [2.05, 4.69) is 15.2 Å². The van der Waals surface area contributed by atoms with Crippen LogP contribution in [0.1, 0.15) is 35.3 Å². The quantitative estimate of drug-likeness (QED) is 0.638. The van der Waals surface area contributed by atoms with Gasteiger partial charge in [-0.3, -0.25) is 14.5 Å². The fourth-order valence-corrected chi connectivity index (χ4v) is 4.55. The van der Waals surface area contributed by atoms with E-state index in [-0.39, 0.29) is 17.9 Å². The van der Waals surface area contributed by atoms with E-state index in [1.54, 1.807) is 30.3 Å². The van der Waals surface area contributed by atoms with Gasteiger partial charge in [0.2, 0.25) is 11.8 Å². The van der Waals surface area contributed by atoms with Crippen LogP contribution in [0.15, 0.2) is 47.0 Å². The van der Waals surface area contributed by atoms with Crippen molar-refractivity contribution in [3.8, 4) is 0 Å². The molecule has 0 bridgehead atoms. The summed E-state index contributed by atoms with van der Waals surface area (Å²) in [6.45, 7) is 4.02. The summed E-state index contributed by atoms with van der Waals surface area (Å²) < 4.78 is 5.93. The minimum atomic E-state index is -0.118. The molecule has 3 aromatic rings. The molecule has 5 rings (SSSR count). The number of carbonyl (C=O) groups is 2. The van der Waals surface area contributed by atoms with Gasteiger partial charge in [0.15, 0.2) is 0 Å². The minimum absolute atomic E-state index is 0.0229. The van der Waals surface area contributed by atoms with Crippen LogP contribution >= 0.6 is 0 Å². The largest absolute Gasteiger partial charge is 0.459 e. The Labute approximate surface area is 186 Å². The molecule has 0 unspecified atom stereocenters. The van der Waals surface area contributed by atoms with Crippen molar-refractivity contribution in [3.63, 3.8) is 0 Å². The van der Waals surface area contributed by atoms with Gasteiger partial charge in [-0.1, -0.05) is 18.2 Å². The molecule has 1 N–H and O–H groups in total. The van der Waals surface area contributed by atoms with Crippen LogP contribution in [0.4, 0.5) is 5.82 Å². The van der Waals surface area contributed by atoms with Crippen molar-refractivity contribution < 1.29 is 14.0 Å². The van der Waals surface area contributed by atoms with E-state index in [9.17, 15) is 9.59 Å². The lowest BCUT2D eigenvalue weighted by Gasteiger charge is -2.19. The van der Waals surface area contributed by atoms with E-state index in [0.29, 0.717) is 18.9 Å². The fraction of sp³-hybridized carbons (Fsp3) is 0.320. The second-order valence-electron chi connectivity index (χ2n) is 8.57. The number of pyridine rings is 1. The lowest BCUT2D eigenvalue weighted by atomic mass is 10.1. The van der Waals surface area contributed by atoms with Crippen molar-refractivity contribution in [2.75, 3.05) is 18.9 Å². The number of anilines is 1. The van der Waals surface area contributed by atoms with E-state index < -0.39 is 0 Å². The molecule has 0 aliphatic carbocycles. The summed E-state index contributed by atoms with van der Waals surface area (Å²) in [6, 6.07) is 9.81. The molecule has 0 radical (unpaired) electrons. The van der Waals surface area contributed by atoms with E-state index in [0.717, 1.165) is 52.8 Å². The van der Waals surface area contributed by atoms with Crippen molar-refractivity contribution >= 4 is 34.7 Å². The third-order valence-electron chi connectivity index (χ3n) is 6.39. The number of aryl methyl sites for hydroxylation is 1. The van der Waals surface area contributed by atoms with Crippen LogP contribution in [0.5, 0.6) is 0 Å². The van der Waals surface area contributed by atoms with E-state index in [1.807, 2.05) is 37.3 Å². The minimum Gasteiger partial charge on any atom is -0.459 e. The van der Waals surface area contributed by atoms with Crippen LogP contribution in [0.3, 0.4) is 0 Å². The highest BCUT2D eigenvalue weighted by atomic mass is 16.3. The Morgan fingerprint density at radius 1 is 1.38 bits per heavy atom.